The minimum absolute atomic E-state index is 0. The first-order chi connectivity index (χ1) is 9.42. The van der Waals surface area contributed by atoms with E-state index in [4.69, 9.17) is 10.2 Å². The maximum atomic E-state index is 10.8. The Bertz CT molecular complexity index is 314. The molecule has 0 spiro atoms. The van der Waals surface area contributed by atoms with Crippen molar-refractivity contribution in [2.75, 3.05) is 19.6 Å². The Balaban J connectivity index is 0.00000400. The van der Waals surface area contributed by atoms with Crippen LogP contribution < -0.4 is 0 Å². The van der Waals surface area contributed by atoms with Gasteiger partial charge in [0.15, 0.2) is 0 Å². The molecule has 1 saturated carbocycles. The molecule has 0 bridgehead atoms. The molecule has 1 atom stereocenters. The van der Waals surface area contributed by atoms with Crippen LogP contribution >= 0.6 is 0 Å². The van der Waals surface area contributed by atoms with Gasteiger partial charge in [0.25, 0.3) is 0 Å². The van der Waals surface area contributed by atoms with E-state index < -0.39 is 11.9 Å². The van der Waals surface area contributed by atoms with Gasteiger partial charge in [-0.15, -0.1) is 0 Å². The maximum Gasteiger partial charge on any atom is 0.317 e. The van der Waals surface area contributed by atoms with Gasteiger partial charge in [-0.2, -0.15) is 0 Å². The number of carbonyl (C=O) groups is 2. The molecule has 5 nitrogen and oxygen atoms in total. The summed E-state index contributed by atoms with van der Waals surface area (Å²) < 4.78 is 0. The van der Waals surface area contributed by atoms with Gasteiger partial charge in [-0.05, 0) is 43.4 Å². The second-order valence-corrected chi connectivity index (χ2v) is 6.12. The Morgan fingerprint density at radius 2 is 1.57 bits per heavy atom. The largest absolute Gasteiger partial charge is 0.480 e. The number of hydrogen-bond donors (Lipinski definition) is 2. The van der Waals surface area contributed by atoms with Crippen LogP contribution in [0, 0.1) is 17.8 Å². The molecular formula is C15H27FeNO4. The molecule has 2 N–H and O–H groups in total. The number of rotatable bonds is 8. The van der Waals surface area contributed by atoms with E-state index in [1.807, 2.05) is 0 Å². The van der Waals surface area contributed by atoms with E-state index in [1.165, 1.54) is 19.3 Å². The average Bonchev–Trinajstić information content (AvgIpc) is 2.37. The third kappa shape index (κ3) is 7.84. The summed E-state index contributed by atoms with van der Waals surface area (Å²) in [6, 6.07) is 0. The van der Waals surface area contributed by atoms with Gasteiger partial charge in [-0.25, -0.2) is 0 Å². The van der Waals surface area contributed by atoms with Crippen LogP contribution in [0.3, 0.4) is 0 Å². The summed E-state index contributed by atoms with van der Waals surface area (Å²) in [7, 11) is 0. The second-order valence-electron chi connectivity index (χ2n) is 6.12. The zero-order valence-corrected chi connectivity index (χ0v) is 14.0. The monoisotopic (exact) mass is 341 g/mol. The summed E-state index contributed by atoms with van der Waals surface area (Å²) in [6.45, 7) is 4.74. The van der Waals surface area contributed by atoms with E-state index >= 15 is 0 Å². The van der Waals surface area contributed by atoms with Crippen molar-refractivity contribution in [3.8, 4) is 0 Å². The van der Waals surface area contributed by atoms with Crippen molar-refractivity contribution in [3.63, 3.8) is 0 Å². The van der Waals surface area contributed by atoms with Crippen LogP contribution in [0.1, 0.15) is 46.0 Å². The molecule has 0 aromatic rings. The van der Waals surface area contributed by atoms with Crippen molar-refractivity contribution in [2.45, 2.75) is 46.0 Å². The van der Waals surface area contributed by atoms with E-state index in [1.54, 1.807) is 4.90 Å². The predicted octanol–water partition coefficient (Wildman–Crippen LogP) is 2.31. The third-order valence-electron chi connectivity index (χ3n) is 4.57. The van der Waals surface area contributed by atoms with E-state index in [-0.39, 0.29) is 30.2 Å². The quantitative estimate of drug-likeness (QED) is 0.663. The van der Waals surface area contributed by atoms with Crippen LogP contribution in [0.15, 0.2) is 0 Å². The standard InChI is InChI=1S/C15H27NO4.Fe/c1-3-11(2)13-6-4-12(5-7-13)8-16(9-14(17)18)10-15(19)20;/h11-13H,3-10H2,1-2H3,(H,17,18)(H,19,20);. The number of aliphatic carboxylic acids is 2. The molecule has 1 aliphatic carbocycles. The van der Waals surface area contributed by atoms with Gasteiger partial charge in [-0.1, -0.05) is 20.3 Å². The summed E-state index contributed by atoms with van der Waals surface area (Å²) >= 11 is 0. The zero-order valence-electron chi connectivity index (χ0n) is 12.9. The van der Waals surface area contributed by atoms with Crippen LogP contribution in [0.2, 0.25) is 0 Å². The molecule has 124 valence electrons. The van der Waals surface area contributed by atoms with Gasteiger partial charge in [0.1, 0.15) is 0 Å². The first-order valence-corrected chi connectivity index (χ1v) is 7.58. The maximum absolute atomic E-state index is 10.8. The fourth-order valence-electron chi connectivity index (χ4n) is 3.21. The molecule has 1 unspecified atom stereocenters. The molecule has 1 rings (SSSR count). The number of carboxylic acid groups (broad SMARTS) is 2. The Labute approximate surface area is 137 Å². The van der Waals surface area contributed by atoms with Gasteiger partial charge in [0.05, 0.1) is 13.1 Å². The molecule has 0 saturated heterocycles. The van der Waals surface area contributed by atoms with E-state index in [2.05, 4.69) is 13.8 Å². The van der Waals surface area contributed by atoms with Gasteiger partial charge in [-0.3, -0.25) is 14.5 Å². The molecule has 0 aromatic heterocycles. The topological polar surface area (TPSA) is 77.8 Å². The molecule has 0 amide bonds. The summed E-state index contributed by atoms with van der Waals surface area (Å²) in [4.78, 5) is 23.1. The van der Waals surface area contributed by atoms with Gasteiger partial charge < -0.3 is 10.2 Å². The number of hydrogen-bond acceptors (Lipinski definition) is 3. The van der Waals surface area contributed by atoms with Crippen molar-refractivity contribution < 1.29 is 36.9 Å². The fourth-order valence-corrected chi connectivity index (χ4v) is 3.21. The van der Waals surface area contributed by atoms with Gasteiger partial charge >= 0.3 is 11.9 Å². The van der Waals surface area contributed by atoms with Crippen molar-refractivity contribution in [1.29, 1.82) is 0 Å². The first-order valence-electron chi connectivity index (χ1n) is 7.58. The number of carboxylic acids is 2. The smallest absolute Gasteiger partial charge is 0.317 e. The molecule has 0 radical (unpaired) electrons. The number of nitrogens with zero attached hydrogens (tertiary/aromatic N) is 1. The predicted molar refractivity (Wildman–Crippen MR) is 76.6 cm³/mol. The molecule has 0 heterocycles. The van der Waals surface area contributed by atoms with Crippen molar-refractivity contribution >= 4 is 11.9 Å². The molecule has 1 fully saturated rings. The summed E-state index contributed by atoms with van der Waals surface area (Å²) in [5.74, 6) is 0.0572. The fraction of sp³-hybridized carbons (Fsp3) is 0.867. The van der Waals surface area contributed by atoms with Crippen LogP contribution in [0.5, 0.6) is 0 Å². The molecular weight excluding hydrogens is 314 g/mol. The van der Waals surface area contributed by atoms with Crippen LogP contribution in [0.25, 0.3) is 0 Å². The minimum atomic E-state index is -0.959. The minimum Gasteiger partial charge on any atom is -0.480 e. The Morgan fingerprint density at radius 1 is 1.10 bits per heavy atom. The molecule has 21 heavy (non-hydrogen) atoms. The average molecular weight is 341 g/mol. The van der Waals surface area contributed by atoms with Crippen LogP contribution in [-0.2, 0) is 26.7 Å². The van der Waals surface area contributed by atoms with Crippen molar-refractivity contribution in [2.24, 2.45) is 17.8 Å². The van der Waals surface area contributed by atoms with E-state index in [0.29, 0.717) is 12.5 Å². The normalized spacial score (nSPS) is 23.4. The summed E-state index contributed by atoms with van der Waals surface area (Å²) in [5, 5.41) is 17.7. The second kappa shape index (κ2) is 10.2. The van der Waals surface area contributed by atoms with Gasteiger partial charge in [0.2, 0.25) is 0 Å². The zero-order chi connectivity index (χ0) is 15.1. The Morgan fingerprint density at radius 3 is 1.95 bits per heavy atom. The van der Waals surface area contributed by atoms with Crippen LogP contribution in [-0.4, -0.2) is 46.7 Å². The van der Waals surface area contributed by atoms with Crippen LogP contribution in [0.4, 0.5) is 0 Å². The molecule has 0 aromatic carbocycles. The molecule has 0 aliphatic heterocycles. The molecule has 1 aliphatic rings. The Hall–Kier alpha value is -0.581. The van der Waals surface area contributed by atoms with E-state index in [9.17, 15) is 9.59 Å². The summed E-state index contributed by atoms with van der Waals surface area (Å²) in [6.07, 6.45) is 5.76. The van der Waals surface area contributed by atoms with Crippen molar-refractivity contribution in [3.05, 3.63) is 0 Å². The Kier molecular flexibility index (Phi) is 9.91. The summed E-state index contributed by atoms with van der Waals surface area (Å²) in [5.41, 5.74) is 0. The molecule has 6 heteroatoms. The van der Waals surface area contributed by atoms with Gasteiger partial charge in [0, 0.05) is 23.6 Å². The van der Waals surface area contributed by atoms with Crippen molar-refractivity contribution in [1.82, 2.24) is 4.90 Å². The SMILES string of the molecule is CCC(C)C1CCC(CN(CC(=O)O)CC(=O)O)CC1.[Fe]. The van der Waals surface area contributed by atoms with E-state index in [0.717, 1.165) is 24.7 Å². The third-order valence-corrected chi connectivity index (χ3v) is 4.57. The first kappa shape index (κ1) is 20.4.